The molecule has 0 spiro atoms. The molecule has 146 valence electrons. The van der Waals surface area contributed by atoms with Gasteiger partial charge in [0.15, 0.2) is 5.57 Å². The molecule has 1 amide bonds. The van der Waals surface area contributed by atoms with Gasteiger partial charge in [-0.3, -0.25) is 14.2 Å². The second-order valence-electron chi connectivity index (χ2n) is 6.86. The molecule has 2 aromatic heterocycles. The Morgan fingerprint density at radius 3 is 2.71 bits per heavy atom. The summed E-state index contributed by atoms with van der Waals surface area (Å²) in [4.78, 5) is 27.8. The quantitative estimate of drug-likeness (QED) is 0.765. The number of nitrogens with zero attached hydrogens (tertiary/aromatic N) is 2. The third-order valence-electron chi connectivity index (χ3n) is 4.75. The fraction of sp³-hybridized carbons (Fsp3) is 0.381. The maximum Gasteiger partial charge on any atom is 0.269 e. The second kappa shape index (κ2) is 9.18. The summed E-state index contributed by atoms with van der Waals surface area (Å²) in [6.07, 6.45) is 8.66. The van der Waals surface area contributed by atoms with E-state index in [1.165, 1.54) is 22.3 Å². The van der Waals surface area contributed by atoms with E-state index >= 15 is 0 Å². The Morgan fingerprint density at radius 2 is 2.11 bits per heavy atom. The molecule has 1 fully saturated rings. The molecule has 2 aromatic rings. The summed E-state index contributed by atoms with van der Waals surface area (Å²) in [5.74, 6) is -0.396. The van der Waals surface area contributed by atoms with Crippen LogP contribution >= 0.6 is 22.7 Å². The molecule has 28 heavy (non-hydrogen) atoms. The van der Waals surface area contributed by atoms with E-state index in [2.05, 4.69) is 11.9 Å². The molecular formula is C21H23N3O2S2. The maximum absolute atomic E-state index is 12.9. The Bertz CT molecular complexity index is 1090. The van der Waals surface area contributed by atoms with Crippen molar-refractivity contribution in [3.63, 3.8) is 0 Å². The first kappa shape index (κ1) is 20.3. The van der Waals surface area contributed by atoms with E-state index in [9.17, 15) is 14.9 Å². The van der Waals surface area contributed by atoms with Gasteiger partial charge in [-0.25, -0.2) is 0 Å². The van der Waals surface area contributed by atoms with Crippen molar-refractivity contribution in [1.82, 2.24) is 9.88 Å². The predicted molar refractivity (Wildman–Crippen MR) is 115 cm³/mol. The van der Waals surface area contributed by atoms with Crippen LogP contribution in [0.15, 0.2) is 29.6 Å². The molecule has 0 aromatic carbocycles. The number of allylic oxidation sites excluding steroid dienone is 1. The van der Waals surface area contributed by atoms with Gasteiger partial charge in [-0.2, -0.15) is 5.26 Å². The molecule has 0 radical (unpaired) electrons. The minimum Gasteiger partial charge on any atom is -0.349 e. The highest BCUT2D eigenvalue weighted by atomic mass is 32.1. The Labute approximate surface area is 171 Å². The van der Waals surface area contributed by atoms with Crippen LogP contribution in [0.3, 0.4) is 0 Å². The molecule has 0 unspecified atom stereocenters. The highest BCUT2D eigenvalue weighted by Crippen LogP contribution is 2.18. The number of thiazole rings is 1. The smallest absolute Gasteiger partial charge is 0.269 e. The fourth-order valence-electron chi connectivity index (χ4n) is 3.36. The van der Waals surface area contributed by atoms with Crippen molar-refractivity contribution >= 4 is 40.2 Å². The predicted octanol–water partition coefficient (Wildman–Crippen LogP) is 2.42. The Balaban J connectivity index is 2.09. The zero-order valence-corrected chi connectivity index (χ0v) is 17.5. The third kappa shape index (κ3) is 4.51. The standard InChI is InChI=1S/C21H23N3O2S2/c1-3-11-24-20(26)18(12-16-10-9-14(2)27-16)28-21(24)17(13-22)19(25)23-15-7-5-4-6-8-15/h3,9-10,12,15H,1,4-8,11H2,2H3,(H,23,25)/b18-12-,21-17-. The van der Waals surface area contributed by atoms with E-state index in [0.717, 1.165) is 35.4 Å². The summed E-state index contributed by atoms with van der Waals surface area (Å²) in [6, 6.07) is 6.08. The minimum absolute atomic E-state index is 0.00321. The molecule has 7 heteroatoms. The summed E-state index contributed by atoms with van der Waals surface area (Å²) in [7, 11) is 0. The monoisotopic (exact) mass is 413 g/mol. The van der Waals surface area contributed by atoms with Gasteiger partial charge in [-0.1, -0.05) is 25.3 Å². The lowest BCUT2D eigenvalue weighted by Crippen LogP contribution is -2.39. The van der Waals surface area contributed by atoms with Gasteiger partial charge in [0.1, 0.15) is 10.7 Å². The van der Waals surface area contributed by atoms with E-state index in [4.69, 9.17) is 0 Å². The van der Waals surface area contributed by atoms with Crippen LogP contribution in [-0.4, -0.2) is 16.5 Å². The zero-order valence-electron chi connectivity index (χ0n) is 15.9. The van der Waals surface area contributed by atoms with Gasteiger partial charge in [0.2, 0.25) is 0 Å². The van der Waals surface area contributed by atoms with E-state index in [1.807, 2.05) is 31.2 Å². The van der Waals surface area contributed by atoms with Crippen molar-refractivity contribution < 1.29 is 4.79 Å². The number of carbonyl (C=O) groups excluding carboxylic acids is 1. The molecule has 2 heterocycles. The van der Waals surface area contributed by atoms with Gasteiger partial charge in [0, 0.05) is 22.3 Å². The first-order chi connectivity index (χ1) is 13.5. The van der Waals surface area contributed by atoms with Gasteiger partial charge in [0.05, 0.1) is 4.53 Å². The minimum atomic E-state index is -0.396. The van der Waals surface area contributed by atoms with E-state index < -0.39 is 5.91 Å². The second-order valence-corrected chi connectivity index (χ2v) is 9.21. The average molecular weight is 414 g/mol. The van der Waals surface area contributed by atoms with Gasteiger partial charge in [-0.05, 0) is 38.0 Å². The van der Waals surface area contributed by atoms with E-state index in [0.29, 0.717) is 9.20 Å². The van der Waals surface area contributed by atoms with Crippen molar-refractivity contribution in [2.24, 2.45) is 0 Å². The molecule has 3 rings (SSSR count). The number of aromatic nitrogens is 1. The van der Waals surface area contributed by atoms with Crippen LogP contribution in [-0.2, 0) is 11.3 Å². The highest BCUT2D eigenvalue weighted by molar-refractivity contribution is 7.13. The number of amides is 1. The normalized spacial score (nSPS) is 16.5. The van der Waals surface area contributed by atoms with Crippen molar-refractivity contribution in [3.8, 4) is 6.07 Å². The number of hydrogen-bond donors (Lipinski definition) is 1. The van der Waals surface area contributed by atoms with Crippen LogP contribution in [0.2, 0.25) is 0 Å². The van der Waals surface area contributed by atoms with Gasteiger partial charge in [-0.15, -0.1) is 29.3 Å². The summed E-state index contributed by atoms with van der Waals surface area (Å²) in [6.45, 7) is 5.97. The number of carbonyl (C=O) groups is 1. The number of nitriles is 1. The third-order valence-corrected chi connectivity index (χ3v) is 6.82. The molecule has 5 nitrogen and oxygen atoms in total. The first-order valence-electron chi connectivity index (χ1n) is 9.37. The zero-order chi connectivity index (χ0) is 20.1. The molecular weight excluding hydrogens is 390 g/mol. The average Bonchev–Trinajstić information content (AvgIpc) is 3.22. The Morgan fingerprint density at radius 1 is 1.36 bits per heavy atom. The first-order valence-corrected chi connectivity index (χ1v) is 11.0. The topological polar surface area (TPSA) is 74.9 Å². The molecule has 1 saturated carbocycles. The van der Waals surface area contributed by atoms with Crippen LogP contribution in [0.25, 0.3) is 11.6 Å². The van der Waals surface area contributed by atoms with Crippen LogP contribution in [0.4, 0.5) is 0 Å². The summed E-state index contributed by atoms with van der Waals surface area (Å²) < 4.78 is 2.36. The lowest BCUT2D eigenvalue weighted by atomic mass is 9.95. The van der Waals surface area contributed by atoms with Gasteiger partial charge >= 0.3 is 0 Å². The summed E-state index contributed by atoms with van der Waals surface area (Å²) in [5.41, 5.74) is -0.208. The SMILES string of the molecule is C=CCn1c(=O)/c(=C/c2ccc(C)s2)s/c1=C(/C#N)C(=O)NC1CCCCC1. The fourth-order valence-corrected chi connectivity index (χ4v) is 5.36. The molecule has 0 atom stereocenters. The maximum atomic E-state index is 12.9. The van der Waals surface area contributed by atoms with Crippen LogP contribution in [0, 0.1) is 18.3 Å². The van der Waals surface area contributed by atoms with E-state index in [-0.39, 0.29) is 23.7 Å². The molecule has 0 aliphatic heterocycles. The Hall–Kier alpha value is -2.43. The van der Waals surface area contributed by atoms with Crippen molar-refractivity contribution in [3.05, 3.63) is 54.1 Å². The number of aryl methyl sites for hydroxylation is 1. The van der Waals surface area contributed by atoms with Crippen molar-refractivity contribution in [2.75, 3.05) is 0 Å². The Kier molecular flexibility index (Phi) is 6.65. The lowest BCUT2D eigenvalue weighted by molar-refractivity contribution is -0.116. The van der Waals surface area contributed by atoms with Crippen LogP contribution < -0.4 is 20.1 Å². The molecule has 0 bridgehead atoms. The molecule has 0 saturated heterocycles. The number of rotatable bonds is 5. The molecule has 1 N–H and O–H groups in total. The lowest BCUT2D eigenvalue weighted by Gasteiger charge is -2.22. The number of hydrogen-bond acceptors (Lipinski definition) is 5. The summed E-state index contributed by atoms with van der Waals surface area (Å²) in [5, 5.41) is 12.7. The van der Waals surface area contributed by atoms with Crippen molar-refractivity contribution in [1.29, 1.82) is 5.26 Å². The van der Waals surface area contributed by atoms with Crippen LogP contribution in [0.1, 0.15) is 41.9 Å². The van der Waals surface area contributed by atoms with Gasteiger partial charge in [0.25, 0.3) is 11.5 Å². The largest absolute Gasteiger partial charge is 0.349 e. The summed E-state index contributed by atoms with van der Waals surface area (Å²) >= 11 is 2.78. The van der Waals surface area contributed by atoms with Crippen molar-refractivity contribution in [2.45, 2.75) is 51.6 Å². The molecule has 1 aliphatic carbocycles. The van der Waals surface area contributed by atoms with E-state index in [1.54, 1.807) is 17.4 Å². The number of nitrogens with one attached hydrogen (secondary N) is 1. The van der Waals surface area contributed by atoms with Gasteiger partial charge < -0.3 is 5.32 Å². The highest BCUT2D eigenvalue weighted by Gasteiger charge is 2.20. The molecule has 1 aliphatic rings. The number of thiophene rings is 1. The van der Waals surface area contributed by atoms with Crippen LogP contribution in [0.5, 0.6) is 0 Å².